The monoisotopic (exact) mass is 372 g/mol. The van der Waals surface area contributed by atoms with Crippen molar-refractivity contribution in [2.45, 2.75) is 13.5 Å². The number of fused-ring (bicyclic) bond motifs is 1. The van der Waals surface area contributed by atoms with Crippen LogP contribution in [0.1, 0.15) is 15.2 Å². The molecule has 3 rings (SSSR count). The number of carboxylic acid groups (broad SMARTS) is 1. The number of aliphatic carboxylic acids is 1. The quantitative estimate of drug-likeness (QED) is 0.708. The van der Waals surface area contributed by atoms with E-state index in [0.717, 1.165) is 22.2 Å². The predicted molar refractivity (Wildman–Crippen MR) is 94.6 cm³/mol. The normalized spacial score (nSPS) is 10.7. The van der Waals surface area contributed by atoms with Crippen molar-refractivity contribution < 1.29 is 19.4 Å². The summed E-state index contributed by atoms with van der Waals surface area (Å²) in [5, 5.41) is 13.7. The zero-order valence-electron chi connectivity index (χ0n) is 13.9. The van der Waals surface area contributed by atoms with Crippen molar-refractivity contribution in [2.75, 3.05) is 12.4 Å². The number of nitrogens with one attached hydrogen (secondary N) is 1. The Bertz CT molecular complexity index is 1070. The maximum atomic E-state index is 12.6. The summed E-state index contributed by atoms with van der Waals surface area (Å²) in [4.78, 5) is 40.6. The standard InChI is InChI=1S/C17H15N3O5S/c1-9-13-16(18-8-20(17(13)24)7-12(21)22)26-14(9)15(23)19-10-5-3-4-6-11(10)25-2/h3-6,8H,7H2,1-2H3,(H,19,23)(H,21,22)/p-1. The number of carbonyl (C=O) groups is 2. The highest BCUT2D eigenvalue weighted by Crippen LogP contribution is 2.29. The fraction of sp³-hybridized carbons (Fsp3) is 0.176. The summed E-state index contributed by atoms with van der Waals surface area (Å²) >= 11 is 1.07. The summed E-state index contributed by atoms with van der Waals surface area (Å²) < 4.78 is 6.15. The second-order valence-corrected chi connectivity index (χ2v) is 6.44. The number of hydrogen-bond acceptors (Lipinski definition) is 7. The molecule has 1 aromatic carbocycles. The van der Waals surface area contributed by atoms with Crippen molar-refractivity contribution in [2.24, 2.45) is 0 Å². The highest BCUT2D eigenvalue weighted by Gasteiger charge is 2.20. The van der Waals surface area contributed by atoms with Crippen molar-refractivity contribution in [1.82, 2.24) is 9.55 Å². The molecule has 0 bridgehead atoms. The lowest BCUT2D eigenvalue weighted by Crippen LogP contribution is -2.32. The highest BCUT2D eigenvalue weighted by molar-refractivity contribution is 7.20. The van der Waals surface area contributed by atoms with E-state index in [-0.39, 0.29) is 5.39 Å². The number of hydrogen-bond donors (Lipinski definition) is 1. The number of thiophene rings is 1. The lowest BCUT2D eigenvalue weighted by atomic mass is 10.2. The van der Waals surface area contributed by atoms with Crippen LogP contribution in [0.25, 0.3) is 10.2 Å². The smallest absolute Gasteiger partial charge is 0.266 e. The largest absolute Gasteiger partial charge is 0.548 e. The van der Waals surface area contributed by atoms with Crippen LogP contribution in [-0.4, -0.2) is 28.5 Å². The molecule has 1 N–H and O–H groups in total. The number of rotatable bonds is 5. The fourth-order valence-electron chi connectivity index (χ4n) is 2.55. The molecule has 26 heavy (non-hydrogen) atoms. The number of aromatic nitrogens is 2. The third kappa shape index (κ3) is 3.16. The van der Waals surface area contributed by atoms with E-state index < -0.39 is 24.0 Å². The van der Waals surface area contributed by atoms with Crippen LogP contribution < -0.4 is 20.7 Å². The predicted octanol–water partition coefficient (Wildman–Crippen LogP) is 0.777. The summed E-state index contributed by atoms with van der Waals surface area (Å²) in [7, 11) is 1.50. The summed E-state index contributed by atoms with van der Waals surface area (Å²) in [6.07, 6.45) is 1.14. The molecular weight excluding hydrogens is 358 g/mol. The van der Waals surface area contributed by atoms with Crippen LogP contribution in [-0.2, 0) is 11.3 Å². The summed E-state index contributed by atoms with van der Waals surface area (Å²) in [5.41, 5.74) is 0.422. The zero-order valence-corrected chi connectivity index (χ0v) is 14.8. The van der Waals surface area contributed by atoms with Gasteiger partial charge >= 0.3 is 0 Å². The number of para-hydroxylation sites is 2. The van der Waals surface area contributed by atoms with Gasteiger partial charge in [-0.1, -0.05) is 12.1 Å². The lowest BCUT2D eigenvalue weighted by molar-refractivity contribution is -0.306. The third-order valence-electron chi connectivity index (χ3n) is 3.78. The summed E-state index contributed by atoms with van der Waals surface area (Å²) in [5.74, 6) is -1.29. The lowest BCUT2D eigenvalue weighted by Gasteiger charge is -2.09. The van der Waals surface area contributed by atoms with E-state index >= 15 is 0 Å². The minimum atomic E-state index is -1.39. The van der Waals surface area contributed by atoms with E-state index in [1.165, 1.54) is 7.11 Å². The van der Waals surface area contributed by atoms with Crippen molar-refractivity contribution in [3.63, 3.8) is 0 Å². The average molecular weight is 372 g/mol. The number of nitrogens with zero attached hydrogens (tertiary/aromatic N) is 2. The Hall–Kier alpha value is -3.20. The van der Waals surface area contributed by atoms with Crippen molar-refractivity contribution >= 4 is 39.1 Å². The molecule has 0 aliphatic heterocycles. The van der Waals surface area contributed by atoms with Crippen LogP contribution in [0.5, 0.6) is 5.75 Å². The molecule has 8 nitrogen and oxygen atoms in total. The van der Waals surface area contributed by atoms with Gasteiger partial charge in [-0.3, -0.25) is 14.2 Å². The van der Waals surface area contributed by atoms with E-state index in [9.17, 15) is 19.5 Å². The highest BCUT2D eigenvalue weighted by atomic mass is 32.1. The van der Waals surface area contributed by atoms with Gasteiger partial charge in [0.2, 0.25) is 0 Å². The van der Waals surface area contributed by atoms with Crippen molar-refractivity contribution in [3.8, 4) is 5.75 Å². The zero-order chi connectivity index (χ0) is 18.8. The Balaban J connectivity index is 2.01. The molecule has 0 radical (unpaired) electrons. The van der Waals surface area contributed by atoms with Crippen LogP contribution in [0, 0.1) is 6.92 Å². The summed E-state index contributed by atoms with van der Waals surface area (Å²) in [6.45, 7) is 1.03. The first-order valence-electron chi connectivity index (χ1n) is 7.55. The van der Waals surface area contributed by atoms with Gasteiger partial charge in [0.15, 0.2) is 0 Å². The van der Waals surface area contributed by atoms with Crippen LogP contribution in [0.3, 0.4) is 0 Å². The van der Waals surface area contributed by atoms with Crippen molar-refractivity contribution in [3.05, 3.63) is 51.4 Å². The van der Waals surface area contributed by atoms with Gasteiger partial charge in [-0.2, -0.15) is 0 Å². The van der Waals surface area contributed by atoms with Gasteiger partial charge < -0.3 is 20.0 Å². The molecule has 3 aromatic rings. The van der Waals surface area contributed by atoms with E-state index in [4.69, 9.17) is 4.74 Å². The SMILES string of the molecule is COc1ccccc1NC(=O)c1sc2ncn(CC(=O)[O-])c(=O)c2c1C. The van der Waals surface area contributed by atoms with Gasteiger partial charge in [-0.15, -0.1) is 11.3 Å². The van der Waals surface area contributed by atoms with Crippen LogP contribution in [0.4, 0.5) is 5.69 Å². The van der Waals surface area contributed by atoms with Gasteiger partial charge in [0.25, 0.3) is 11.5 Å². The molecule has 2 aromatic heterocycles. The van der Waals surface area contributed by atoms with Gasteiger partial charge in [0.1, 0.15) is 10.6 Å². The molecular formula is C17H14N3O5S-. The molecule has 134 valence electrons. The Kier molecular flexibility index (Phi) is 4.72. The fourth-order valence-corrected chi connectivity index (χ4v) is 3.59. The van der Waals surface area contributed by atoms with E-state index in [2.05, 4.69) is 10.3 Å². The molecule has 0 saturated heterocycles. The molecule has 0 fully saturated rings. The first-order chi connectivity index (χ1) is 12.4. The Labute approximate surface area is 151 Å². The summed E-state index contributed by atoms with van der Waals surface area (Å²) in [6, 6.07) is 6.96. The number of anilines is 1. The van der Waals surface area contributed by atoms with Crippen molar-refractivity contribution in [1.29, 1.82) is 0 Å². The van der Waals surface area contributed by atoms with Gasteiger partial charge in [0, 0.05) is 0 Å². The maximum absolute atomic E-state index is 12.6. The van der Waals surface area contributed by atoms with E-state index in [0.29, 0.717) is 26.7 Å². The molecule has 0 atom stereocenters. The minimum absolute atomic E-state index is 0.226. The van der Waals surface area contributed by atoms with Crippen LogP contribution in [0.15, 0.2) is 35.4 Å². The van der Waals surface area contributed by atoms with Crippen LogP contribution >= 0.6 is 11.3 Å². The molecule has 0 saturated carbocycles. The first-order valence-corrected chi connectivity index (χ1v) is 8.36. The third-order valence-corrected chi connectivity index (χ3v) is 4.98. The molecule has 0 aliphatic rings. The Morgan fingerprint density at radius 1 is 1.35 bits per heavy atom. The van der Waals surface area contributed by atoms with Crippen LogP contribution in [0.2, 0.25) is 0 Å². The number of methoxy groups -OCH3 is 1. The number of benzene rings is 1. The maximum Gasteiger partial charge on any atom is 0.266 e. The number of ether oxygens (including phenoxy) is 1. The second-order valence-electron chi connectivity index (χ2n) is 5.44. The number of carboxylic acids is 1. The van der Waals surface area contributed by atoms with Gasteiger partial charge in [-0.25, -0.2) is 4.98 Å². The number of carbonyl (C=O) groups excluding carboxylic acids is 2. The first kappa shape index (κ1) is 17.6. The Morgan fingerprint density at radius 3 is 2.77 bits per heavy atom. The molecule has 9 heteroatoms. The van der Waals surface area contributed by atoms with Gasteiger partial charge in [0.05, 0.1) is 41.9 Å². The number of amides is 1. The van der Waals surface area contributed by atoms with Gasteiger partial charge in [-0.05, 0) is 24.6 Å². The average Bonchev–Trinajstić information content (AvgIpc) is 2.95. The van der Waals surface area contributed by atoms with E-state index in [1.54, 1.807) is 31.2 Å². The molecule has 0 spiro atoms. The second kappa shape index (κ2) is 6.96. The molecule has 1 amide bonds. The Morgan fingerprint density at radius 2 is 2.08 bits per heavy atom. The molecule has 0 unspecified atom stereocenters. The molecule has 2 heterocycles. The molecule has 0 aliphatic carbocycles. The topological polar surface area (TPSA) is 113 Å². The van der Waals surface area contributed by atoms with E-state index in [1.807, 2.05) is 0 Å². The number of aryl methyl sites for hydroxylation is 1. The minimum Gasteiger partial charge on any atom is -0.548 e.